The maximum atomic E-state index is 9.44. The van der Waals surface area contributed by atoms with Gasteiger partial charge in [-0.25, -0.2) is 0 Å². The van der Waals surface area contributed by atoms with Gasteiger partial charge >= 0.3 is 0 Å². The molecular weight excluding hydrogens is 283 g/mol. The van der Waals surface area contributed by atoms with Gasteiger partial charge in [-0.3, -0.25) is 21.4 Å². The van der Waals surface area contributed by atoms with Gasteiger partial charge in [-0.2, -0.15) is 0 Å². The van der Waals surface area contributed by atoms with Crippen LogP contribution in [0.15, 0.2) is 33.6 Å². The molecule has 0 aromatic carbocycles. The van der Waals surface area contributed by atoms with E-state index in [2.05, 4.69) is 10.4 Å². The molecule has 0 amide bonds. The molecule has 0 fully saturated rings. The minimum Gasteiger partial charge on any atom is -0.381 e. The van der Waals surface area contributed by atoms with Crippen LogP contribution in [0.5, 0.6) is 0 Å². The van der Waals surface area contributed by atoms with E-state index in [1.807, 2.05) is 0 Å². The van der Waals surface area contributed by atoms with Crippen LogP contribution in [-0.2, 0) is 16.5 Å². The van der Waals surface area contributed by atoms with Crippen molar-refractivity contribution in [1.29, 1.82) is 0 Å². The van der Waals surface area contributed by atoms with E-state index in [0.29, 0.717) is 0 Å². The van der Waals surface area contributed by atoms with Crippen LogP contribution in [0.1, 0.15) is 0 Å². The van der Waals surface area contributed by atoms with Gasteiger partial charge in [0.15, 0.2) is 11.6 Å². The van der Waals surface area contributed by atoms with Crippen molar-refractivity contribution in [3.63, 3.8) is 0 Å². The SMILES string of the molecule is NC(N=O)=C(N)NO.NC(N=O)=C(N)NO.[Ni]. The molecule has 0 rings (SSSR count). The van der Waals surface area contributed by atoms with E-state index in [9.17, 15) is 9.81 Å². The molecule has 13 heteroatoms. The monoisotopic (exact) mass is 294 g/mol. The Morgan fingerprint density at radius 3 is 1.12 bits per heavy atom. The van der Waals surface area contributed by atoms with Gasteiger partial charge in [0.2, 0.25) is 11.6 Å². The zero-order valence-corrected chi connectivity index (χ0v) is 9.22. The zero-order chi connectivity index (χ0) is 13.1. The second-order valence-corrected chi connectivity index (χ2v) is 2.00. The summed E-state index contributed by atoms with van der Waals surface area (Å²) in [5, 5.41) is 20.3. The predicted octanol–water partition coefficient (Wildman–Crippen LogP) is -2.45. The normalized spacial score (nSPS) is 11.4. The number of rotatable bonds is 4. The molecule has 0 aliphatic rings. The standard InChI is InChI=1S/2C2H6N4O2.Ni/c2*3-1(5-7)2(4)6-8;/h2*5,7H,3-4H2;. The van der Waals surface area contributed by atoms with E-state index in [-0.39, 0.29) is 28.1 Å². The molecule has 0 heterocycles. The van der Waals surface area contributed by atoms with Crippen molar-refractivity contribution in [3.05, 3.63) is 33.1 Å². The van der Waals surface area contributed by atoms with Crippen LogP contribution in [0.25, 0.3) is 0 Å². The fourth-order valence-corrected chi connectivity index (χ4v) is 0.213. The van der Waals surface area contributed by atoms with Gasteiger partial charge in [0.05, 0.1) is 0 Å². The van der Waals surface area contributed by atoms with Crippen molar-refractivity contribution in [3.8, 4) is 0 Å². The second kappa shape index (κ2) is 12.0. The third-order valence-corrected chi connectivity index (χ3v) is 0.990. The minimum atomic E-state index is -0.465. The number of nitroso groups, excluding NO2 is 2. The van der Waals surface area contributed by atoms with Crippen LogP contribution in [0.4, 0.5) is 0 Å². The smallest absolute Gasteiger partial charge is 0.210 e. The Hall–Kier alpha value is -2.11. The molecule has 0 saturated carbocycles. The van der Waals surface area contributed by atoms with Gasteiger partial charge in [-0.15, -0.1) is 9.81 Å². The maximum absolute atomic E-state index is 9.44. The Morgan fingerprint density at radius 2 is 1.06 bits per heavy atom. The van der Waals surface area contributed by atoms with Crippen molar-refractivity contribution >= 4 is 0 Å². The first kappa shape index (κ1) is 20.3. The van der Waals surface area contributed by atoms with Crippen molar-refractivity contribution in [2.24, 2.45) is 33.3 Å². The van der Waals surface area contributed by atoms with Gasteiger partial charge < -0.3 is 22.9 Å². The molecule has 0 spiro atoms. The third-order valence-electron chi connectivity index (χ3n) is 0.990. The Bertz CT molecular complexity index is 274. The molecule has 0 atom stereocenters. The molecule has 17 heavy (non-hydrogen) atoms. The third kappa shape index (κ3) is 10.2. The molecule has 0 saturated heterocycles. The van der Waals surface area contributed by atoms with Crippen LogP contribution in [0.3, 0.4) is 0 Å². The molecule has 0 unspecified atom stereocenters. The Morgan fingerprint density at radius 1 is 0.824 bits per heavy atom. The number of hydrogen-bond donors (Lipinski definition) is 8. The molecule has 0 aliphatic carbocycles. The summed E-state index contributed by atoms with van der Waals surface area (Å²) in [6.45, 7) is 0. The fourth-order valence-electron chi connectivity index (χ4n) is 0.213. The summed E-state index contributed by atoms with van der Waals surface area (Å²) in [6.07, 6.45) is 0. The van der Waals surface area contributed by atoms with Crippen LogP contribution < -0.4 is 33.9 Å². The molecular formula is C4H12N8NiO4. The van der Waals surface area contributed by atoms with Gasteiger partial charge in [-0.05, 0) is 10.4 Å². The fraction of sp³-hybridized carbons (Fsp3) is 0. The first-order valence-electron chi connectivity index (χ1n) is 3.41. The summed E-state index contributed by atoms with van der Waals surface area (Å²) >= 11 is 0. The van der Waals surface area contributed by atoms with Gasteiger partial charge in [0.1, 0.15) is 0 Å². The number of hydrogen-bond acceptors (Lipinski definition) is 12. The maximum Gasteiger partial charge on any atom is 0.210 e. The molecule has 0 aromatic heterocycles. The average molecular weight is 295 g/mol. The summed E-state index contributed by atoms with van der Waals surface area (Å²) in [6, 6.07) is 0. The summed E-state index contributed by atoms with van der Waals surface area (Å²) in [5.41, 5.74) is 22.1. The number of nitrogens with one attached hydrogen (secondary N) is 2. The number of nitrogens with zero attached hydrogens (tertiary/aromatic N) is 2. The number of nitrogens with two attached hydrogens (primary N) is 4. The molecule has 0 radical (unpaired) electrons. The van der Waals surface area contributed by atoms with E-state index >= 15 is 0 Å². The number of hydroxylamine groups is 2. The van der Waals surface area contributed by atoms with Crippen molar-refractivity contribution in [2.45, 2.75) is 0 Å². The van der Waals surface area contributed by atoms with Crippen molar-refractivity contribution in [1.82, 2.24) is 11.0 Å². The summed E-state index contributed by atoms with van der Waals surface area (Å²) in [7, 11) is 0. The van der Waals surface area contributed by atoms with Crippen LogP contribution >= 0.6 is 0 Å². The van der Waals surface area contributed by atoms with Gasteiger partial charge in [0.25, 0.3) is 0 Å². The molecule has 0 aliphatic heterocycles. The van der Waals surface area contributed by atoms with Gasteiger partial charge in [0, 0.05) is 16.5 Å². The van der Waals surface area contributed by atoms with Crippen LogP contribution in [0, 0.1) is 9.81 Å². The summed E-state index contributed by atoms with van der Waals surface area (Å²) < 4.78 is 0. The van der Waals surface area contributed by atoms with E-state index in [1.165, 1.54) is 11.0 Å². The van der Waals surface area contributed by atoms with E-state index in [4.69, 9.17) is 33.3 Å². The molecule has 0 aromatic rings. The second-order valence-electron chi connectivity index (χ2n) is 2.00. The quantitative estimate of drug-likeness (QED) is 0.155. The Kier molecular flexibility index (Phi) is 14.3. The van der Waals surface area contributed by atoms with Crippen LogP contribution in [0.2, 0.25) is 0 Å². The molecule has 12 nitrogen and oxygen atoms in total. The minimum absolute atomic E-state index is 0. The zero-order valence-electron chi connectivity index (χ0n) is 8.23. The largest absolute Gasteiger partial charge is 0.381 e. The summed E-state index contributed by atoms with van der Waals surface area (Å²) in [5.74, 6) is -1.62. The predicted molar refractivity (Wildman–Crippen MR) is 52.2 cm³/mol. The molecule has 12 N–H and O–H groups in total. The first-order valence-corrected chi connectivity index (χ1v) is 3.41. The molecule has 0 bridgehead atoms. The topological polar surface area (TPSA) is 227 Å². The van der Waals surface area contributed by atoms with Gasteiger partial charge in [-0.1, -0.05) is 0 Å². The van der Waals surface area contributed by atoms with Crippen molar-refractivity contribution in [2.75, 3.05) is 0 Å². The summed E-state index contributed by atoms with van der Waals surface area (Å²) in [4.78, 5) is 18.9. The van der Waals surface area contributed by atoms with E-state index < -0.39 is 11.6 Å². The van der Waals surface area contributed by atoms with E-state index in [0.717, 1.165) is 0 Å². The first-order chi connectivity index (χ1) is 7.44. The van der Waals surface area contributed by atoms with Crippen LogP contribution in [-0.4, -0.2) is 10.4 Å². The van der Waals surface area contributed by atoms with Crippen molar-refractivity contribution < 1.29 is 26.9 Å². The van der Waals surface area contributed by atoms with E-state index in [1.54, 1.807) is 0 Å². The average Bonchev–Trinajstić information content (AvgIpc) is 2.35. The Labute approximate surface area is 105 Å². The molecule has 102 valence electrons. The Balaban J connectivity index is -0.000000218.